The number of benzene rings is 1. The summed E-state index contributed by atoms with van der Waals surface area (Å²) >= 11 is 0. The zero-order chi connectivity index (χ0) is 19.9. The van der Waals surface area contributed by atoms with E-state index in [0.29, 0.717) is 12.8 Å². The molecule has 0 saturated heterocycles. The summed E-state index contributed by atoms with van der Waals surface area (Å²) in [4.78, 5) is 21.1. The number of carbonyl (C=O) groups excluding carboxylic acids is 1. The topological polar surface area (TPSA) is 98.2 Å². The van der Waals surface area contributed by atoms with Crippen LogP contribution >= 0.6 is 0 Å². The quantitative estimate of drug-likeness (QED) is 0.810. The summed E-state index contributed by atoms with van der Waals surface area (Å²) in [5.41, 5.74) is 0.489. The number of ether oxygens (including phenoxy) is 1. The van der Waals surface area contributed by atoms with E-state index in [4.69, 9.17) is 4.74 Å². The Morgan fingerprint density at radius 2 is 1.74 bits per heavy atom. The minimum Gasteiger partial charge on any atom is -0.444 e. The molecular weight excluding hydrogens is 366 g/mol. The van der Waals surface area contributed by atoms with Crippen molar-refractivity contribution in [1.29, 1.82) is 0 Å². The molecule has 1 heterocycles. The number of hydrogen-bond acceptors (Lipinski definition) is 6. The van der Waals surface area contributed by atoms with Gasteiger partial charge < -0.3 is 10.1 Å². The third-order valence-electron chi connectivity index (χ3n) is 4.28. The van der Waals surface area contributed by atoms with E-state index >= 15 is 0 Å². The maximum atomic E-state index is 12.5. The van der Waals surface area contributed by atoms with Crippen molar-refractivity contribution in [2.45, 2.75) is 49.8 Å². The molecule has 0 unspecified atom stereocenters. The van der Waals surface area contributed by atoms with Crippen LogP contribution in [0.1, 0.15) is 37.7 Å². The van der Waals surface area contributed by atoms with Gasteiger partial charge in [0.2, 0.25) is 0 Å². The lowest BCUT2D eigenvalue weighted by Crippen LogP contribution is -2.49. The van der Waals surface area contributed by atoms with Crippen LogP contribution in [-0.2, 0) is 33.0 Å². The molecule has 1 aromatic carbocycles. The van der Waals surface area contributed by atoms with Crippen LogP contribution in [0.2, 0.25) is 0 Å². The molecule has 0 spiro atoms. The van der Waals surface area contributed by atoms with Crippen LogP contribution in [0.25, 0.3) is 0 Å². The molecule has 7 nitrogen and oxygen atoms in total. The highest BCUT2D eigenvalue weighted by atomic mass is 32.2. The molecule has 2 aromatic rings. The monoisotopic (exact) mass is 389 g/mol. The molecule has 1 N–H and O–H groups in total. The highest BCUT2D eigenvalue weighted by Gasteiger charge is 2.44. The van der Waals surface area contributed by atoms with E-state index in [9.17, 15) is 13.2 Å². The summed E-state index contributed by atoms with van der Waals surface area (Å²) in [7, 11) is -3.50. The van der Waals surface area contributed by atoms with Gasteiger partial charge in [-0.3, -0.25) is 0 Å². The number of alkyl carbamates (subject to hydrolysis) is 1. The van der Waals surface area contributed by atoms with Crippen LogP contribution in [0.3, 0.4) is 0 Å². The van der Waals surface area contributed by atoms with E-state index in [-0.39, 0.29) is 10.9 Å². The van der Waals surface area contributed by atoms with Crippen LogP contribution in [-0.4, -0.2) is 36.3 Å². The van der Waals surface area contributed by atoms with Crippen LogP contribution in [0.5, 0.6) is 0 Å². The van der Waals surface area contributed by atoms with Gasteiger partial charge >= 0.3 is 6.09 Å². The normalized spacial score (nSPS) is 15.9. The van der Waals surface area contributed by atoms with Crippen molar-refractivity contribution in [2.24, 2.45) is 0 Å². The van der Waals surface area contributed by atoms with Crippen molar-refractivity contribution in [1.82, 2.24) is 15.3 Å². The van der Waals surface area contributed by atoms with Gasteiger partial charge in [0, 0.05) is 25.3 Å². The Kier molecular flexibility index (Phi) is 4.71. The van der Waals surface area contributed by atoms with Crippen LogP contribution < -0.4 is 5.32 Å². The lowest BCUT2D eigenvalue weighted by Gasteiger charge is -2.30. The highest BCUT2D eigenvalue weighted by Crippen LogP contribution is 2.36. The number of hydrogen-bond donors (Lipinski definition) is 1. The first kappa shape index (κ1) is 19.3. The standard InChI is InChI=1S/C19H23N3O4S/c1-18(2,3)26-17(23)22-19(11-13-7-5-6-8-14(13)12-19)16-20-10-9-15(21-16)27(4,24)25/h5-10H,11-12H2,1-4H3,(H,22,23). The Balaban J connectivity index is 2.04. The van der Waals surface area contributed by atoms with Gasteiger partial charge in [0.1, 0.15) is 11.1 Å². The summed E-state index contributed by atoms with van der Waals surface area (Å²) in [5.74, 6) is 0.257. The van der Waals surface area contributed by atoms with Crippen molar-refractivity contribution in [2.75, 3.05) is 6.26 Å². The highest BCUT2D eigenvalue weighted by molar-refractivity contribution is 7.90. The number of carbonyl (C=O) groups is 1. The zero-order valence-corrected chi connectivity index (χ0v) is 16.6. The molecule has 0 radical (unpaired) electrons. The maximum Gasteiger partial charge on any atom is 0.408 e. The van der Waals surface area contributed by atoms with Crippen LogP contribution in [0, 0.1) is 0 Å². The average Bonchev–Trinajstić information content (AvgIpc) is 2.91. The lowest BCUT2D eigenvalue weighted by molar-refractivity contribution is 0.0450. The third kappa shape index (κ3) is 4.27. The van der Waals surface area contributed by atoms with Crippen LogP contribution in [0.4, 0.5) is 4.79 Å². The molecule has 0 aliphatic heterocycles. The van der Waals surface area contributed by atoms with Gasteiger partial charge in [-0.05, 0) is 38.0 Å². The molecule has 1 aliphatic carbocycles. The number of sulfone groups is 1. The second-order valence-electron chi connectivity index (χ2n) is 7.82. The third-order valence-corrected chi connectivity index (χ3v) is 5.27. The van der Waals surface area contributed by atoms with E-state index < -0.39 is 27.1 Å². The molecule has 0 fully saturated rings. The molecule has 3 rings (SSSR count). The van der Waals surface area contributed by atoms with Gasteiger partial charge in [-0.15, -0.1) is 0 Å². The molecule has 1 aromatic heterocycles. The Labute approximate surface area is 159 Å². The first-order chi connectivity index (χ1) is 12.5. The number of aromatic nitrogens is 2. The van der Waals surface area contributed by atoms with Crippen molar-refractivity contribution < 1.29 is 17.9 Å². The number of nitrogens with zero attached hydrogens (tertiary/aromatic N) is 2. The fourth-order valence-electron chi connectivity index (χ4n) is 3.20. The SMILES string of the molecule is CC(C)(C)OC(=O)NC1(c2nccc(S(C)(=O)=O)n2)Cc2ccccc2C1. The first-order valence-corrected chi connectivity index (χ1v) is 10.5. The van der Waals surface area contributed by atoms with Gasteiger partial charge in [-0.2, -0.15) is 0 Å². The fourth-order valence-corrected chi connectivity index (χ4v) is 3.76. The minimum atomic E-state index is -3.50. The maximum absolute atomic E-state index is 12.5. The van der Waals surface area contributed by atoms with E-state index in [2.05, 4.69) is 15.3 Å². The molecule has 8 heteroatoms. The van der Waals surface area contributed by atoms with E-state index in [1.54, 1.807) is 20.8 Å². The van der Waals surface area contributed by atoms with E-state index in [1.807, 2.05) is 24.3 Å². The Hall–Kier alpha value is -2.48. The van der Waals surface area contributed by atoms with Gasteiger partial charge in [-0.25, -0.2) is 23.2 Å². The zero-order valence-electron chi connectivity index (χ0n) is 15.8. The molecule has 144 valence electrons. The predicted molar refractivity (Wildman–Crippen MR) is 100 cm³/mol. The van der Waals surface area contributed by atoms with Crippen LogP contribution in [0.15, 0.2) is 41.6 Å². The smallest absolute Gasteiger partial charge is 0.408 e. The predicted octanol–water partition coefficient (Wildman–Crippen LogP) is 2.40. The Morgan fingerprint density at radius 3 is 2.26 bits per heavy atom. The Morgan fingerprint density at radius 1 is 1.15 bits per heavy atom. The number of nitrogens with one attached hydrogen (secondary N) is 1. The Bertz CT molecular complexity index is 955. The number of rotatable bonds is 3. The lowest BCUT2D eigenvalue weighted by atomic mass is 9.94. The van der Waals surface area contributed by atoms with Crippen molar-refractivity contribution >= 4 is 15.9 Å². The second-order valence-corrected chi connectivity index (χ2v) is 9.78. The van der Waals surface area contributed by atoms with E-state index in [0.717, 1.165) is 17.4 Å². The largest absolute Gasteiger partial charge is 0.444 e. The minimum absolute atomic E-state index is 0.0752. The fraction of sp³-hybridized carbons (Fsp3) is 0.421. The van der Waals surface area contributed by atoms with E-state index in [1.165, 1.54) is 12.3 Å². The number of fused-ring (bicyclic) bond motifs is 1. The average molecular weight is 389 g/mol. The molecule has 0 atom stereocenters. The van der Waals surface area contributed by atoms with Gasteiger partial charge in [0.15, 0.2) is 20.7 Å². The summed E-state index contributed by atoms with van der Waals surface area (Å²) in [5, 5.41) is 2.83. The summed E-state index contributed by atoms with van der Waals surface area (Å²) in [6, 6.07) is 9.16. The molecule has 0 bridgehead atoms. The van der Waals surface area contributed by atoms with Gasteiger partial charge in [0.25, 0.3) is 0 Å². The second kappa shape index (κ2) is 6.60. The molecule has 0 saturated carbocycles. The summed E-state index contributed by atoms with van der Waals surface area (Å²) in [6.45, 7) is 5.34. The molecule has 1 aliphatic rings. The number of amides is 1. The molecular formula is C19H23N3O4S. The van der Waals surface area contributed by atoms with Gasteiger partial charge in [-0.1, -0.05) is 24.3 Å². The van der Waals surface area contributed by atoms with Crippen molar-refractivity contribution in [3.8, 4) is 0 Å². The molecule has 27 heavy (non-hydrogen) atoms. The van der Waals surface area contributed by atoms with Crippen molar-refractivity contribution in [3.05, 3.63) is 53.5 Å². The summed E-state index contributed by atoms with van der Waals surface area (Å²) in [6.07, 6.45) is 2.81. The molecule has 1 amide bonds. The van der Waals surface area contributed by atoms with Gasteiger partial charge in [0.05, 0.1) is 0 Å². The first-order valence-electron chi connectivity index (χ1n) is 8.60. The summed E-state index contributed by atoms with van der Waals surface area (Å²) < 4.78 is 29.3. The van der Waals surface area contributed by atoms with Crippen molar-refractivity contribution in [3.63, 3.8) is 0 Å².